The second-order valence-electron chi connectivity index (χ2n) is 8.83. The zero-order chi connectivity index (χ0) is 22.2. The van der Waals surface area contributed by atoms with Gasteiger partial charge in [0.15, 0.2) is 0 Å². The maximum atomic E-state index is 11.1. The molecule has 33 heavy (non-hydrogen) atoms. The van der Waals surface area contributed by atoms with E-state index < -0.39 is 0 Å². The number of hydrogen-bond acceptors (Lipinski definition) is 3. The lowest BCUT2D eigenvalue weighted by atomic mass is 9.79. The third kappa shape index (κ3) is 3.37. The number of carbonyl (C=O) groups excluding carboxylic acids is 1. The quantitative estimate of drug-likeness (QED) is 0.279. The molecule has 0 fully saturated rings. The molecule has 0 saturated carbocycles. The number of fused-ring (bicyclic) bond motifs is 5. The summed E-state index contributed by atoms with van der Waals surface area (Å²) in [6, 6.07) is 25.3. The van der Waals surface area contributed by atoms with Gasteiger partial charge in [0.25, 0.3) is 0 Å². The summed E-state index contributed by atoms with van der Waals surface area (Å²) in [5.41, 5.74) is 11.0. The summed E-state index contributed by atoms with van der Waals surface area (Å²) in [5, 5.41) is 4.78. The fourth-order valence-electron chi connectivity index (χ4n) is 5.64. The van der Waals surface area contributed by atoms with Gasteiger partial charge in [0, 0.05) is 0 Å². The van der Waals surface area contributed by atoms with Crippen molar-refractivity contribution in [2.24, 2.45) is 0 Å². The molecule has 4 aromatic rings. The van der Waals surface area contributed by atoms with Crippen molar-refractivity contribution in [1.82, 2.24) is 5.48 Å². The van der Waals surface area contributed by atoms with Crippen LogP contribution in [0.25, 0.3) is 27.1 Å². The van der Waals surface area contributed by atoms with Crippen LogP contribution in [0.4, 0.5) is 0 Å². The molecule has 6 rings (SSSR count). The van der Waals surface area contributed by atoms with E-state index in [4.69, 9.17) is 4.84 Å². The topological polar surface area (TPSA) is 38.3 Å². The van der Waals surface area contributed by atoms with Crippen molar-refractivity contribution in [1.29, 1.82) is 0 Å². The Morgan fingerprint density at radius 3 is 2.48 bits per heavy atom. The van der Waals surface area contributed by atoms with Crippen LogP contribution in [0.3, 0.4) is 0 Å². The van der Waals surface area contributed by atoms with Gasteiger partial charge in [0.2, 0.25) is 0 Å². The van der Waals surface area contributed by atoms with Crippen molar-refractivity contribution in [3.8, 4) is 0 Å². The van der Waals surface area contributed by atoms with E-state index in [1.165, 1.54) is 33.9 Å². The Kier molecular flexibility index (Phi) is 5.04. The van der Waals surface area contributed by atoms with Gasteiger partial charge in [0.1, 0.15) is 0 Å². The van der Waals surface area contributed by atoms with E-state index in [-0.39, 0.29) is 6.04 Å². The summed E-state index contributed by atoms with van der Waals surface area (Å²) in [5.74, 6) is 0. The SMILES string of the molecule is O=CONC(c1cccc2ccccc12)c1cccc2c3c(ccc12)C1=C(CCC=C1)CC3. The number of hydrogen-bond donors (Lipinski definition) is 1. The lowest BCUT2D eigenvalue weighted by molar-refractivity contribution is -0.136. The monoisotopic (exact) mass is 431 g/mol. The molecule has 4 aromatic carbocycles. The molecule has 162 valence electrons. The summed E-state index contributed by atoms with van der Waals surface area (Å²) in [6.45, 7) is 0.453. The Morgan fingerprint density at radius 2 is 1.58 bits per heavy atom. The Morgan fingerprint density at radius 1 is 0.788 bits per heavy atom. The van der Waals surface area contributed by atoms with Crippen LogP contribution in [-0.4, -0.2) is 6.47 Å². The molecule has 1 unspecified atom stereocenters. The highest BCUT2D eigenvalue weighted by molar-refractivity contribution is 5.96. The molecule has 1 atom stereocenters. The lowest BCUT2D eigenvalue weighted by Gasteiger charge is -2.27. The summed E-state index contributed by atoms with van der Waals surface area (Å²) in [4.78, 5) is 16.3. The average Bonchev–Trinajstić information content (AvgIpc) is 2.88. The standard InChI is InChI=1S/C30H25NO2/c32-19-33-31-30(28-13-5-9-20-7-1-4-11-23(20)28)29-14-6-12-24-26-16-15-21-8-2-3-10-22(21)25(26)17-18-27(24)29/h1,3-7,9-14,17-19,30-31H,2,8,15-16H2. The van der Waals surface area contributed by atoms with Gasteiger partial charge in [-0.2, -0.15) is 0 Å². The molecule has 3 heteroatoms. The molecule has 2 aliphatic carbocycles. The van der Waals surface area contributed by atoms with Gasteiger partial charge < -0.3 is 4.84 Å². The first-order valence-corrected chi connectivity index (χ1v) is 11.6. The Hall–Kier alpha value is -3.69. The van der Waals surface area contributed by atoms with Gasteiger partial charge in [-0.3, -0.25) is 4.79 Å². The van der Waals surface area contributed by atoms with Gasteiger partial charge in [0.05, 0.1) is 6.04 Å². The van der Waals surface area contributed by atoms with E-state index in [0.29, 0.717) is 6.47 Å². The van der Waals surface area contributed by atoms with Crippen molar-refractivity contribution < 1.29 is 9.63 Å². The highest BCUT2D eigenvalue weighted by atomic mass is 16.7. The molecular formula is C30H25NO2. The van der Waals surface area contributed by atoms with Crippen LogP contribution in [0.1, 0.15) is 47.6 Å². The van der Waals surface area contributed by atoms with E-state index in [0.717, 1.165) is 41.2 Å². The third-order valence-electron chi connectivity index (χ3n) is 7.13. The van der Waals surface area contributed by atoms with Crippen molar-refractivity contribution in [2.75, 3.05) is 0 Å². The van der Waals surface area contributed by atoms with Crippen LogP contribution in [0, 0.1) is 0 Å². The maximum absolute atomic E-state index is 11.1. The number of allylic oxidation sites excluding steroid dienone is 4. The van der Waals surface area contributed by atoms with Gasteiger partial charge in [-0.25, -0.2) is 0 Å². The Bertz CT molecular complexity index is 1440. The molecule has 0 aliphatic heterocycles. The number of nitrogens with one attached hydrogen (secondary N) is 1. The molecule has 0 spiro atoms. The number of rotatable bonds is 5. The van der Waals surface area contributed by atoms with E-state index in [2.05, 4.69) is 78.3 Å². The van der Waals surface area contributed by atoms with Crippen molar-refractivity contribution in [2.45, 2.75) is 31.7 Å². The first-order valence-electron chi connectivity index (χ1n) is 11.6. The van der Waals surface area contributed by atoms with Crippen LogP contribution in [0.5, 0.6) is 0 Å². The summed E-state index contributed by atoms with van der Waals surface area (Å²) >= 11 is 0. The third-order valence-corrected chi connectivity index (χ3v) is 7.13. The van der Waals surface area contributed by atoms with Crippen molar-refractivity contribution in [3.63, 3.8) is 0 Å². The fourth-order valence-corrected chi connectivity index (χ4v) is 5.64. The highest BCUT2D eigenvalue weighted by Crippen LogP contribution is 2.42. The summed E-state index contributed by atoms with van der Waals surface area (Å²) in [7, 11) is 0. The number of aryl methyl sites for hydroxylation is 1. The van der Waals surface area contributed by atoms with Crippen LogP contribution in [0.2, 0.25) is 0 Å². The van der Waals surface area contributed by atoms with E-state index in [1.54, 1.807) is 5.57 Å². The van der Waals surface area contributed by atoms with E-state index in [1.807, 2.05) is 12.1 Å². The summed E-state index contributed by atoms with van der Waals surface area (Å²) < 4.78 is 0. The Labute approximate surface area is 193 Å². The van der Waals surface area contributed by atoms with Gasteiger partial charge >= 0.3 is 6.47 Å². The van der Waals surface area contributed by atoms with Crippen molar-refractivity contribution >= 4 is 33.6 Å². The predicted octanol–water partition coefficient (Wildman–Crippen LogP) is 6.81. The molecular weight excluding hydrogens is 406 g/mol. The number of benzene rings is 4. The molecule has 0 radical (unpaired) electrons. The lowest BCUT2D eigenvalue weighted by Crippen LogP contribution is -2.23. The van der Waals surface area contributed by atoms with Gasteiger partial charge in [-0.15, -0.1) is 5.48 Å². The van der Waals surface area contributed by atoms with Gasteiger partial charge in [-0.1, -0.05) is 90.5 Å². The van der Waals surface area contributed by atoms with Crippen LogP contribution < -0.4 is 5.48 Å². The average molecular weight is 432 g/mol. The second-order valence-corrected chi connectivity index (χ2v) is 8.83. The zero-order valence-electron chi connectivity index (χ0n) is 18.4. The second kappa shape index (κ2) is 8.34. The molecule has 0 amide bonds. The van der Waals surface area contributed by atoms with E-state index in [9.17, 15) is 4.79 Å². The molecule has 2 aliphatic rings. The Balaban J connectivity index is 1.55. The normalized spacial score (nSPS) is 15.9. The largest absolute Gasteiger partial charge is 0.373 e. The molecule has 0 saturated heterocycles. The highest BCUT2D eigenvalue weighted by Gasteiger charge is 2.24. The summed E-state index contributed by atoms with van der Waals surface area (Å²) in [6.07, 6.45) is 9.15. The fraction of sp³-hybridized carbons (Fsp3) is 0.167. The van der Waals surface area contributed by atoms with E-state index >= 15 is 0 Å². The van der Waals surface area contributed by atoms with Gasteiger partial charge in [-0.05, 0) is 75.1 Å². The van der Waals surface area contributed by atoms with Crippen molar-refractivity contribution in [3.05, 3.63) is 113 Å². The minimum atomic E-state index is -0.281. The van der Waals surface area contributed by atoms with Crippen LogP contribution in [-0.2, 0) is 16.1 Å². The maximum Gasteiger partial charge on any atom is 0.312 e. The first-order chi connectivity index (χ1) is 16.3. The molecule has 0 bridgehead atoms. The molecule has 3 nitrogen and oxygen atoms in total. The number of hydroxylamine groups is 1. The predicted molar refractivity (Wildman–Crippen MR) is 134 cm³/mol. The minimum Gasteiger partial charge on any atom is -0.373 e. The zero-order valence-corrected chi connectivity index (χ0v) is 18.4. The van der Waals surface area contributed by atoms with Crippen LogP contribution >= 0.6 is 0 Å². The molecule has 0 heterocycles. The smallest absolute Gasteiger partial charge is 0.312 e. The molecule has 1 N–H and O–H groups in total. The first kappa shape index (κ1) is 20.0. The minimum absolute atomic E-state index is 0.281. The van der Waals surface area contributed by atoms with Crippen LogP contribution in [0.15, 0.2) is 90.5 Å². The molecule has 0 aromatic heterocycles. The number of carbonyl (C=O) groups is 1.